The molecular formula is C27H22Cl2F3N3O. The van der Waals surface area contributed by atoms with Crippen LogP contribution in [0.25, 0.3) is 11.6 Å². The first-order valence-corrected chi connectivity index (χ1v) is 11.9. The van der Waals surface area contributed by atoms with Gasteiger partial charge in [-0.2, -0.15) is 13.2 Å². The van der Waals surface area contributed by atoms with Crippen LogP contribution in [0.1, 0.15) is 33.5 Å². The maximum atomic E-state index is 12.7. The third-order valence-electron chi connectivity index (χ3n) is 5.77. The first-order chi connectivity index (χ1) is 17.2. The van der Waals surface area contributed by atoms with Gasteiger partial charge in [-0.3, -0.25) is 9.69 Å². The molecule has 3 aromatic rings. The molecule has 0 saturated heterocycles. The number of hydrogen-bond donors (Lipinski definition) is 1. The minimum atomic E-state index is -4.33. The molecule has 0 atom stereocenters. The van der Waals surface area contributed by atoms with Gasteiger partial charge in [0, 0.05) is 47.7 Å². The second-order valence-electron chi connectivity index (χ2n) is 8.27. The number of rotatable bonds is 6. The SMILES string of the molecule is O=C(Nc1ccc(Cl)cc1C1=CCN(CC=Cc2ccc(C(F)(F)F)cc2)CC1)c1ccnc(Cl)c1. The molecule has 186 valence electrons. The lowest BCUT2D eigenvalue weighted by Gasteiger charge is -2.26. The fourth-order valence-electron chi connectivity index (χ4n) is 3.87. The summed E-state index contributed by atoms with van der Waals surface area (Å²) < 4.78 is 38.1. The lowest BCUT2D eigenvalue weighted by atomic mass is 9.97. The van der Waals surface area contributed by atoms with E-state index in [0.717, 1.165) is 36.2 Å². The van der Waals surface area contributed by atoms with Crippen LogP contribution >= 0.6 is 23.2 Å². The summed E-state index contributed by atoms with van der Waals surface area (Å²) in [5.74, 6) is -0.297. The summed E-state index contributed by atoms with van der Waals surface area (Å²) in [6.45, 7) is 2.13. The van der Waals surface area contributed by atoms with E-state index >= 15 is 0 Å². The normalized spacial score (nSPS) is 14.6. The summed E-state index contributed by atoms with van der Waals surface area (Å²) in [7, 11) is 0. The number of benzene rings is 2. The number of nitrogens with zero attached hydrogens (tertiary/aromatic N) is 2. The van der Waals surface area contributed by atoms with Crippen molar-refractivity contribution in [1.82, 2.24) is 9.88 Å². The first-order valence-electron chi connectivity index (χ1n) is 11.2. The van der Waals surface area contributed by atoms with Crippen LogP contribution in [0.4, 0.5) is 18.9 Å². The van der Waals surface area contributed by atoms with Gasteiger partial charge >= 0.3 is 6.18 Å². The van der Waals surface area contributed by atoms with Crippen molar-refractivity contribution in [1.29, 1.82) is 0 Å². The van der Waals surface area contributed by atoms with Gasteiger partial charge in [0.15, 0.2) is 0 Å². The molecule has 0 aliphatic carbocycles. The van der Waals surface area contributed by atoms with Gasteiger partial charge in [-0.25, -0.2) is 4.98 Å². The minimum Gasteiger partial charge on any atom is -0.321 e. The summed E-state index contributed by atoms with van der Waals surface area (Å²) in [4.78, 5) is 18.8. The Morgan fingerprint density at radius 2 is 1.86 bits per heavy atom. The second-order valence-corrected chi connectivity index (χ2v) is 9.10. The monoisotopic (exact) mass is 531 g/mol. The van der Waals surface area contributed by atoms with E-state index in [1.54, 1.807) is 18.2 Å². The van der Waals surface area contributed by atoms with Crippen LogP contribution in [-0.4, -0.2) is 35.4 Å². The predicted molar refractivity (Wildman–Crippen MR) is 138 cm³/mol. The van der Waals surface area contributed by atoms with Gasteiger partial charge in [0.2, 0.25) is 0 Å². The van der Waals surface area contributed by atoms with Gasteiger partial charge < -0.3 is 5.32 Å². The van der Waals surface area contributed by atoms with E-state index in [4.69, 9.17) is 23.2 Å². The van der Waals surface area contributed by atoms with Crippen LogP contribution in [0.2, 0.25) is 10.2 Å². The highest BCUT2D eigenvalue weighted by atomic mass is 35.5. The van der Waals surface area contributed by atoms with Crippen molar-refractivity contribution < 1.29 is 18.0 Å². The van der Waals surface area contributed by atoms with Crippen molar-refractivity contribution >= 4 is 46.4 Å². The number of nitrogens with one attached hydrogen (secondary N) is 1. The van der Waals surface area contributed by atoms with E-state index in [1.165, 1.54) is 24.4 Å². The van der Waals surface area contributed by atoms with Crippen molar-refractivity contribution in [3.05, 3.63) is 105 Å². The minimum absolute atomic E-state index is 0.237. The predicted octanol–water partition coefficient (Wildman–Crippen LogP) is 7.46. The van der Waals surface area contributed by atoms with E-state index in [9.17, 15) is 18.0 Å². The number of hydrogen-bond acceptors (Lipinski definition) is 3. The molecule has 0 unspecified atom stereocenters. The molecular weight excluding hydrogens is 510 g/mol. The molecule has 4 nitrogen and oxygen atoms in total. The van der Waals surface area contributed by atoms with Crippen LogP contribution < -0.4 is 5.32 Å². The van der Waals surface area contributed by atoms with E-state index in [1.807, 2.05) is 18.2 Å². The van der Waals surface area contributed by atoms with Gasteiger partial charge in [0.25, 0.3) is 5.91 Å². The average Bonchev–Trinajstić information content (AvgIpc) is 2.85. The number of aromatic nitrogens is 1. The van der Waals surface area contributed by atoms with Crippen molar-refractivity contribution in [2.45, 2.75) is 12.6 Å². The Labute approximate surface area is 217 Å². The van der Waals surface area contributed by atoms with Gasteiger partial charge in [0.05, 0.1) is 5.56 Å². The summed E-state index contributed by atoms with van der Waals surface area (Å²) in [5, 5.41) is 3.74. The topological polar surface area (TPSA) is 45.2 Å². The Balaban J connectivity index is 1.40. The van der Waals surface area contributed by atoms with E-state index in [0.29, 0.717) is 34.9 Å². The number of alkyl halides is 3. The molecule has 1 N–H and O–H groups in total. The number of carbonyl (C=O) groups excluding carboxylic acids is 1. The Bertz CT molecular complexity index is 1300. The average molecular weight is 532 g/mol. The Hall–Kier alpha value is -3.13. The molecule has 36 heavy (non-hydrogen) atoms. The molecule has 0 spiro atoms. The highest BCUT2D eigenvalue weighted by Gasteiger charge is 2.29. The number of anilines is 1. The van der Waals surface area contributed by atoms with Gasteiger partial charge in [-0.05, 0) is 60.0 Å². The molecule has 0 saturated carbocycles. The van der Waals surface area contributed by atoms with Crippen molar-refractivity contribution in [2.24, 2.45) is 0 Å². The number of amides is 1. The molecule has 0 bridgehead atoms. The third-order valence-corrected chi connectivity index (χ3v) is 6.21. The molecule has 0 fully saturated rings. The molecule has 4 rings (SSSR count). The van der Waals surface area contributed by atoms with E-state index < -0.39 is 11.7 Å². The first kappa shape index (κ1) is 25.9. The van der Waals surface area contributed by atoms with Crippen LogP contribution in [0.15, 0.2) is 72.9 Å². The van der Waals surface area contributed by atoms with Crippen molar-refractivity contribution in [3.63, 3.8) is 0 Å². The zero-order chi connectivity index (χ0) is 25.7. The quantitative estimate of drug-likeness (QED) is 0.335. The van der Waals surface area contributed by atoms with Crippen molar-refractivity contribution in [3.8, 4) is 0 Å². The zero-order valence-electron chi connectivity index (χ0n) is 19.0. The number of halogens is 5. The lowest BCUT2D eigenvalue weighted by Crippen LogP contribution is -2.28. The maximum absolute atomic E-state index is 12.7. The maximum Gasteiger partial charge on any atom is 0.416 e. The molecule has 1 aromatic heterocycles. The van der Waals surface area contributed by atoms with Gasteiger partial charge in [0.1, 0.15) is 5.15 Å². The van der Waals surface area contributed by atoms with Crippen molar-refractivity contribution in [2.75, 3.05) is 25.0 Å². The smallest absolute Gasteiger partial charge is 0.321 e. The fourth-order valence-corrected chi connectivity index (χ4v) is 4.22. The summed E-state index contributed by atoms with van der Waals surface area (Å²) >= 11 is 12.2. The zero-order valence-corrected chi connectivity index (χ0v) is 20.5. The molecule has 1 aliphatic rings. The van der Waals surface area contributed by atoms with E-state index in [-0.39, 0.29) is 11.1 Å². The van der Waals surface area contributed by atoms with Gasteiger partial charge in [-0.15, -0.1) is 0 Å². The molecule has 0 radical (unpaired) electrons. The highest BCUT2D eigenvalue weighted by Crippen LogP contribution is 2.32. The molecule has 1 amide bonds. The van der Waals surface area contributed by atoms with Crippen LogP contribution in [0.5, 0.6) is 0 Å². The Kier molecular flexibility index (Phi) is 8.14. The molecule has 2 heterocycles. The number of carbonyl (C=O) groups is 1. The summed E-state index contributed by atoms with van der Waals surface area (Å²) in [5.41, 5.74) is 3.04. The third kappa shape index (κ3) is 6.75. The van der Waals surface area contributed by atoms with Crippen LogP contribution in [0, 0.1) is 0 Å². The summed E-state index contributed by atoms with van der Waals surface area (Å²) in [6, 6.07) is 13.5. The van der Waals surface area contributed by atoms with E-state index in [2.05, 4.69) is 21.3 Å². The Morgan fingerprint density at radius 1 is 1.08 bits per heavy atom. The Morgan fingerprint density at radius 3 is 2.53 bits per heavy atom. The molecule has 2 aromatic carbocycles. The molecule has 9 heteroatoms. The van der Waals surface area contributed by atoms with Crippen LogP contribution in [-0.2, 0) is 6.18 Å². The number of pyridine rings is 1. The summed E-state index contributed by atoms with van der Waals surface area (Å²) in [6.07, 6.45) is 3.74. The second kappa shape index (κ2) is 11.3. The van der Waals surface area contributed by atoms with Gasteiger partial charge in [-0.1, -0.05) is 53.6 Å². The largest absolute Gasteiger partial charge is 0.416 e. The molecule has 1 aliphatic heterocycles. The van der Waals surface area contributed by atoms with Crippen LogP contribution in [0.3, 0.4) is 0 Å². The lowest BCUT2D eigenvalue weighted by molar-refractivity contribution is -0.137. The standard InChI is InChI=1S/C27H22Cl2F3N3O/c28-22-7-8-24(34-26(36)20-9-12-33-25(29)16-20)23(17-22)19-10-14-35(15-11-19)13-1-2-18-3-5-21(6-4-18)27(30,31)32/h1-10,12,16-17H,11,13-15H2,(H,34,36). The fraction of sp³-hybridized carbons (Fsp3) is 0.185. The highest BCUT2D eigenvalue weighted by molar-refractivity contribution is 6.31.